The van der Waals surface area contributed by atoms with E-state index in [1.165, 1.54) is 6.92 Å². The van der Waals surface area contributed by atoms with Crippen molar-refractivity contribution < 1.29 is 52.3 Å². The van der Waals surface area contributed by atoms with Crippen molar-refractivity contribution in [2.45, 2.75) is 13.0 Å². The molecule has 0 saturated heterocycles. The summed E-state index contributed by atoms with van der Waals surface area (Å²) in [7, 11) is -4.67. The van der Waals surface area contributed by atoms with E-state index in [-0.39, 0.29) is 95.2 Å². The van der Waals surface area contributed by atoms with Gasteiger partial charge in [-0.25, -0.2) is 14.4 Å². The van der Waals surface area contributed by atoms with Crippen molar-refractivity contribution >= 4 is 117 Å². The Kier molecular flexibility index (Phi) is 75.4. The van der Waals surface area contributed by atoms with Crippen molar-refractivity contribution in [2.24, 2.45) is 0 Å². The Morgan fingerprint density at radius 2 is 0.957 bits per heavy atom. The number of halogens is 2. The molecule has 0 aliphatic carbocycles. The molecule has 0 aliphatic heterocycles. The fourth-order valence-electron chi connectivity index (χ4n) is 0. The van der Waals surface area contributed by atoms with E-state index >= 15 is 0 Å². The van der Waals surface area contributed by atoms with Gasteiger partial charge in [0.05, 0.1) is 0 Å². The molecule has 0 spiro atoms. The third-order valence-electron chi connectivity index (χ3n) is 0.540. The molecule has 1 unspecified atom stereocenters. The van der Waals surface area contributed by atoms with Crippen LogP contribution in [0, 0.1) is 0 Å². The minimum atomic E-state index is -4.67. The van der Waals surface area contributed by atoms with E-state index in [2.05, 4.69) is 0 Å². The van der Waals surface area contributed by atoms with Crippen LogP contribution in [0.3, 0.4) is 0 Å². The summed E-state index contributed by atoms with van der Waals surface area (Å²) in [6, 6.07) is 0. The second-order valence-electron chi connectivity index (χ2n) is 2.07. The number of aliphatic carboxylic acids is 3. The van der Waals surface area contributed by atoms with E-state index in [9.17, 15) is 4.79 Å². The van der Waals surface area contributed by atoms with Crippen LogP contribution in [0.2, 0.25) is 0 Å². The topological polar surface area (TPSA) is 242 Å². The van der Waals surface area contributed by atoms with Crippen LogP contribution in [-0.4, -0.2) is 126 Å². The third kappa shape index (κ3) is 127. The first kappa shape index (κ1) is 56.5. The molecule has 0 aromatic heterocycles. The number of carboxylic acid groups (broad SMARTS) is 3. The molecule has 0 aliphatic rings. The van der Waals surface area contributed by atoms with E-state index in [1.54, 1.807) is 0 Å². The van der Waals surface area contributed by atoms with Crippen LogP contribution in [-0.2, 0) is 24.8 Å². The quantitative estimate of drug-likeness (QED) is 0.114. The number of hydrogen-bond donors (Lipinski definition) is 7. The Hall–Kier alpha value is 0.845. The molecule has 0 rings (SSSR count). The summed E-state index contributed by atoms with van der Waals surface area (Å²) in [5.74, 6) is -4.83. The van der Waals surface area contributed by atoms with Gasteiger partial charge in [-0.1, -0.05) is 0 Å². The van der Waals surface area contributed by atoms with Crippen LogP contribution in [0.1, 0.15) is 6.92 Å². The van der Waals surface area contributed by atoms with E-state index in [1.807, 2.05) is 0 Å². The van der Waals surface area contributed by atoms with Gasteiger partial charge in [-0.2, -0.15) is 8.42 Å². The minimum absolute atomic E-state index is 0. The SMILES string of the molecule is CC(O)C(=O)O.Cl.Cl.N.O=C(O)C(=O)O.O=S(=O)(O)O.[AlH3].[AlH3].[NaH]. The third-order valence-corrected chi connectivity index (χ3v) is 0.540. The van der Waals surface area contributed by atoms with Gasteiger partial charge in [-0.3, -0.25) is 9.11 Å². The molecule has 0 bridgehead atoms. The monoisotopic (exact) mass is 451 g/mol. The van der Waals surface area contributed by atoms with E-state index in [0.29, 0.717) is 0 Å². The van der Waals surface area contributed by atoms with Gasteiger partial charge in [0.2, 0.25) is 0 Å². The zero-order valence-corrected chi connectivity index (χ0v) is 12.2. The van der Waals surface area contributed by atoms with Crippen LogP contribution in [0.5, 0.6) is 0 Å². The van der Waals surface area contributed by atoms with Crippen LogP contribution in [0.15, 0.2) is 0 Å². The maximum absolute atomic E-state index is 9.45. The Morgan fingerprint density at radius 1 is 0.870 bits per heavy atom. The van der Waals surface area contributed by atoms with Crippen LogP contribution in [0.4, 0.5) is 0 Å². The van der Waals surface area contributed by atoms with Crippen molar-refractivity contribution in [2.75, 3.05) is 0 Å². The molecule has 12 nitrogen and oxygen atoms in total. The van der Waals surface area contributed by atoms with Crippen molar-refractivity contribution in [3.8, 4) is 0 Å². The van der Waals surface area contributed by atoms with Crippen LogP contribution in [0.25, 0.3) is 0 Å². The first-order valence-corrected chi connectivity index (χ1v) is 4.75. The number of aliphatic hydroxyl groups is 1. The number of carboxylic acids is 3. The average molecular weight is 452 g/mol. The summed E-state index contributed by atoms with van der Waals surface area (Å²) in [5, 5.41) is 30.6. The van der Waals surface area contributed by atoms with E-state index < -0.39 is 34.4 Å². The molecule has 1 atom stereocenters. The second-order valence-corrected chi connectivity index (χ2v) is 2.97. The molecule has 0 saturated carbocycles. The van der Waals surface area contributed by atoms with Crippen molar-refractivity contribution in [3.05, 3.63) is 0 Å². The van der Waals surface area contributed by atoms with Gasteiger partial charge in [-0.05, 0) is 6.92 Å². The zero-order chi connectivity index (χ0) is 14.8. The first-order valence-electron chi connectivity index (χ1n) is 3.36. The maximum atomic E-state index is 9.45. The van der Waals surface area contributed by atoms with E-state index in [4.69, 9.17) is 47.5 Å². The molecule has 18 heteroatoms. The summed E-state index contributed by atoms with van der Waals surface area (Å²) in [5.41, 5.74) is 0. The van der Waals surface area contributed by atoms with Crippen molar-refractivity contribution in [1.29, 1.82) is 0 Å². The fraction of sp³-hybridized carbons (Fsp3) is 0.400. The van der Waals surface area contributed by atoms with Gasteiger partial charge in [0.25, 0.3) is 0 Å². The number of hydrogen-bond acceptors (Lipinski definition) is 7. The molecule has 0 aromatic rings. The summed E-state index contributed by atoms with van der Waals surface area (Å²) in [4.78, 5) is 27.6. The van der Waals surface area contributed by atoms with Gasteiger partial charge in [-0.15, -0.1) is 24.8 Å². The molecule has 0 heterocycles. The van der Waals surface area contributed by atoms with Gasteiger partial charge in [0.15, 0.2) is 34.7 Å². The van der Waals surface area contributed by atoms with Crippen molar-refractivity contribution in [3.63, 3.8) is 0 Å². The summed E-state index contributed by atoms with van der Waals surface area (Å²) >= 11 is 0. The van der Waals surface area contributed by atoms with E-state index in [0.717, 1.165) is 0 Å². The molecule has 23 heavy (non-hydrogen) atoms. The number of aliphatic hydroxyl groups excluding tert-OH is 1. The van der Waals surface area contributed by atoms with Gasteiger partial charge in [0, 0.05) is 0 Å². The van der Waals surface area contributed by atoms with Crippen LogP contribution >= 0.6 is 24.8 Å². The van der Waals surface area contributed by atoms with Crippen molar-refractivity contribution in [1.82, 2.24) is 6.15 Å². The molecule has 140 valence electrons. The first-order chi connectivity index (χ1) is 7.29. The van der Waals surface area contributed by atoms with Gasteiger partial charge < -0.3 is 26.6 Å². The van der Waals surface area contributed by atoms with Gasteiger partial charge in [0.1, 0.15) is 6.10 Å². The molecular weight excluding hydrogens is 430 g/mol. The number of rotatable bonds is 1. The average Bonchev–Trinajstić information content (AvgIpc) is 2.01. The predicted molar refractivity (Wildman–Crippen MR) is 95.3 cm³/mol. The summed E-state index contributed by atoms with van der Waals surface area (Å²) in [6.07, 6.45) is -1.23. The summed E-state index contributed by atoms with van der Waals surface area (Å²) in [6.45, 7) is 1.20. The Morgan fingerprint density at radius 3 is 0.957 bits per heavy atom. The normalized spacial score (nSPS) is 8.00. The van der Waals surface area contributed by atoms with Gasteiger partial charge >= 0.3 is 57.9 Å². The Balaban J connectivity index is -0.0000000162. The predicted octanol–water partition coefficient (Wildman–Crippen LogP) is -4.06. The molecular formula is C5H22Al2Cl2NNaO11S. The molecule has 0 radical (unpaired) electrons. The fourth-order valence-corrected chi connectivity index (χ4v) is 0. The standard InChI is InChI=1S/C3H6O3.C2H2O4.2Al.2ClH.H3N.Na.H2O4S.7H/c1-2(4)3(5)6;3-1(4)2(5)6;;;;;;;1-5(2,3)4;;;;;;;/h2,4H,1H3,(H,5,6);(H,3,4)(H,5,6);;;2*1H;1H3;;(H2,1,2,3,4);;;;;;;. The Labute approximate surface area is 187 Å². The summed E-state index contributed by atoms with van der Waals surface area (Å²) < 4.78 is 31.6. The molecule has 0 aromatic carbocycles. The number of carbonyl (C=O) groups is 3. The molecule has 0 amide bonds. The molecule has 9 N–H and O–H groups in total. The van der Waals surface area contributed by atoms with Crippen LogP contribution < -0.4 is 6.15 Å². The molecule has 0 fully saturated rings. The Bertz CT molecular complexity index is 363. The second kappa shape index (κ2) is 30.7. The zero-order valence-electron chi connectivity index (χ0n) is 9.73.